The van der Waals surface area contributed by atoms with E-state index < -0.39 is 52.4 Å². The lowest BCUT2D eigenvalue weighted by molar-refractivity contribution is -0.384. The van der Waals surface area contributed by atoms with E-state index in [1.54, 1.807) is 27.7 Å². The van der Waals surface area contributed by atoms with Gasteiger partial charge in [0.15, 0.2) is 0 Å². The fraction of sp³-hybridized carbons (Fsp3) is 0.556. The third-order valence-electron chi connectivity index (χ3n) is 4.19. The van der Waals surface area contributed by atoms with Gasteiger partial charge in [0.1, 0.15) is 11.3 Å². The van der Waals surface area contributed by atoms with Crippen molar-refractivity contribution >= 4 is 23.3 Å². The summed E-state index contributed by atoms with van der Waals surface area (Å²) < 4.78 is 34.2. The maximum Gasteiger partial charge on any atom is 0.326 e. The number of carbonyl (C=O) groups is 2. The van der Waals surface area contributed by atoms with Crippen LogP contribution < -0.4 is 4.90 Å². The van der Waals surface area contributed by atoms with E-state index in [0.29, 0.717) is 10.5 Å². The van der Waals surface area contributed by atoms with Crippen molar-refractivity contribution in [2.75, 3.05) is 11.4 Å². The van der Waals surface area contributed by atoms with Crippen molar-refractivity contribution in [2.45, 2.75) is 52.6 Å². The van der Waals surface area contributed by atoms with Gasteiger partial charge in [-0.25, -0.2) is 0 Å². The van der Waals surface area contributed by atoms with Gasteiger partial charge >= 0.3 is 11.9 Å². The molecule has 1 aliphatic heterocycles. The van der Waals surface area contributed by atoms with Crippen LogP contribution in [0, 0.1) is 22.5 Å². The maximum atomic E-state index is 14.5. The van der Waals surface area contributed by atoms with E-state index in [9.17, 15) is 28.5 Å². The largest absolute Gasteiger partial charge is 0.459 e. The fourth-order valence-corrected chi connectivity index (χ4v) is 2.98. The van der Waals surface area contributed by atoms with E-state index in [0.717, 1.165) is 0 Å². The minimum Gasteiger partial charge on any atom is -0.459 e. The van der Waals surface area contributed by atoms with Gasteiger partial charge in [0.2, 0.25) is 0 Å². The molecule has 0 saturated carbocycles. The number of benzene rings is 1. The number of nitrogens with zero attached hydrogens (tertiary/aromatic N) is 2. The van der Waals surface area contributed by atoms with E-state index in [2.05, 4.69) is 0 Å². The molecule has 0 N–H and O–H groups in total. The third kappa shape index (κ3) is 4.23. The Bertz CT molecular complexity index is 803. The predicted molar refractivity (Wildman–Crippen MR) is 93.7 cm³/mol. The Labute approximate surface area is 155 Å². The number of amides is 1. The molecule has 9 heteroatoms. The summed E-state index contributed by atoms with van der Waals surface area (Å²) in [4.78, 5) is 36.1. The van der Waals surface area contributed by atoms with Gasteiger partial charge in [-0.2, -0.15) is 8.78 Å². The number of halogens is 2. The molecule has 1 amide bonds. The van der Waals surface area contributed by atoms with Gasteiger partial charge in [-0.15, -0.1) is 0 Å². The van der Waals surface area contributed by atoms with E-state index >= 15 is 0 Å². The Morgan fingerprint density at radius 1 is 1.33 bits per heavy atom. The SMILES string of the molecule is Cc1ccc(N2CC(C)(C(=O)OC(C)(C)C)CC(F)(F)C2=O)c([N+](=O)[O-])c1. The predicted octanol–water partition coefficient (Wildman–Crippen LogP) is 3.62. The standard InChI is InChI=1S/C18H22F2N2O5/c1-11-6-7-12(13(8-11)22(25)26)21-10-17(5,9-18(19,20)14(21)23)15(24)27-16(2,3)4/h6-8H,9-10H2,1-5H3. The molecular weight excluding hydrogens is 362 g/mol. The molecule has 1 aromatic rings. The van der Waals surface area contributed by atoms with E-state index in [1.165, 1.54) is 25.1 Å². The van der Waals surface area contributed by atoms with Crippen LogP contribution in [-0.4, -0.2) is 34.9 Å². The van der Waals surface area contributed by atoms with Crippen LogP contribution in [0.25, 0.3) is 0 Å². The molecule has 148 valence electrons. The summed E-state index contributed by atoms with van der Waals surface area (Å²) in [5, 5.41) is 11.4. The summed E-state index contributed by atoms with van der Waals surface area (Å²) in [7, 11) is 0. The number of alkyl halides is 2. The first-order chi connectivity index (χ1) is 12.2. The topological polar surface area (TPSA) is 89.8 Å². The molecule has 1 unspecified atom stereocenters. The number of hydrogen-bond donors (Lipinski definition) is 0. The first kappa shape index (κ1) is 20.7. The summed E-state index contributed by atoms with van der Waals surface area (Å²) in [5.41, 5.74) is -2.84. The molecule has 27 heavy (non-hydrogen) atoms. The molecule has 0 bridgehead atoms. The van der Waals surface area contributed by atoms with Crippen molar-refractivity contribution in [2.24, 2.45) is 5.41 Å². The Hall–Kier alpha value is -2.58. The number of piperidine rings is 1. The Morgan fingerprint density at radius 3 is 2.44 bits per heavy atom. The zero-order valence-corrected chi connectivity index (χ0v) is 15.8. The number of ether oxygens (including phenoxy) is 1. The Balaban J connectivity index is 2.53. The molecule has 1 saturated heterocycles. The highest BCUT2D eigenvalue weighted by Crippen LogP contribution is 2.44. The number of rotatable bonds is 3. The molecule has 1 aliphatic rings. The number of hydrogen-bond acceptors (Lipinski definition) is 5. The zero-order chi connectivity index (χ0) is 20.8. The summed E-state index contributed by atoms with van der Waals surface area (Å²) >= 11 is 0. The highest BCUT2D eigenvalue weighted by Gasteiger charge is 2.58. The normalized spacial score (nSPS) is 22.5. The second kappa shape index (κ2) is 6.54. The van der Waals surface area contributed by atoms with Gasteiger partial charge in [0, 0.05) is 19.0 Å². The number of carbonyl (C=O) groups excluding carboxylic acids is 2. The average molecular weight is 384 g/mol. The molecule has 1 fully saturated rings. The molecule has 1 aromatic carbocycles. The van der Waals surface area contributed by atoms with Crippen LogP contribution in [0.4, 0.5) is 20.2 Å². The lowest BCUT2D eigenvalue weighted by atomic mass is 9.79. The van der Waals surface area contributed by atoms with Gasteiger partial charge in [-0.05, 0) is 46.2 Å². The summed E-state index contributed by atoms with van der Waals surface area (Å²) in [6.07, 6.45) is -1.02. The number of nitro groups is 1. The van der Waals surface area contributed by atoms with Gasteiger partial charge in [0.05, 0.1) is 10.3 Å². The minimum absolute atomic E-state index is 0.273. The van der Waals surface area contributed by atoms with E-state index in [4.69, 9.17) is 4.74 Å². The summed E-state index contributed by atoms with van der Waals surface area (Å²) in [6, 6.07) is 3.91. The van der Waals surface area contributed by atoms with Crippen molar-refractivity contribution in [3.05, 3.63) is 33.9 Å². The van der Waals surface area contributed by atoms with Crippen LogP contribution >= 0.6 is 0 Å². The van der Waals surface area contributed by atoms with Crippen molar-refractivity contribution in [1.29, 1.82) is 0 Å². The van der Waals surface area contributed by atoms with Crippen molar-refractivity contribution < 1.29 is 28.0 Å². The van der Waals surface area contributed by atoms with Crippen LogP contribution in [-0.2, 0) is 14.3 Å². The Kier molecular flexibility index (Phi) is 5.02. The molecular formula is C18H22F2N2O5. The second-order valence-electron chi connectivity index (χ2n) is 8.08. The van der Waals surface area contributed by atoms with Gasteiger partial charge in [-0.3, -0.25) is 19.7 Å². The van der Waals surface area contributed by atoms with Crippen LogP contribution in [0.15, 0.2) is 18.2 Å². The van der Waals surface area contributed by atoms with E-state index in [1.807, 2.05) is 0 Å². The molecule has 0 aromatic heterocycles. The molecule has 7 nitrogen and oxygen atoms in total. The first-order valence-corrected chi connectivity index (χ1v) is 8.35. The van der Waals surface area contributed by atoms with Crippen molar-refractivity contribution in [3.8, 4) is 0 Å². The number of anilines is 1. The molecule has 1 heterocycles. The van der Waals surface area contributed by atoms with E-state index in [-0.39, 0.29) is 5.69 Å². The molecule has 0 radical (unpaired) electrons. The maximum absolute atomic E-state index is 14.5. The van der Waals surface area contributed by atoms with Crippen LogP contribution in [0.5, 0.6) is 0 Å². The summed E-state index contributed by atoms with van der Waals surface area (Å²) in [5.74, 6) is -6.32. The van der Waals surface area contributed by atoms with Crippen LogP contribution in [0.2, 0.25) is 0 Å². The number of nitro benzene ring substituents is 1. The highest BCUT2D eigenvalue weighted by molar-refractivity contribution is 6.02. The van der Waals surface area contributed by atoms with Crippen molar-refractivity contribution in [1.82, 2.24) is 0 Å². The number of aryl methyl sites for hydroxylation is 1. The monoisotopic (exact) mass is 384 g/mol. The quantitative estimate of drug-likeness (QED) is 0.451. The minimum atomic E-state index is -3.86. The second-order valence-corrected chi connectivity index (χ2v) is 8.08. The van der Waals surface area contributed by atoms with Gasteiger partial charge < -0.3 is 9.64 Å². The lowest BCUT2D eigenvalue weighted by Gasteiger charge is -2.42. The van der Waals surface area contributed by atoms with Gasteiger partial charge in [-0.1, -0.05) is 6.07 Å². The van der Waals surface area contributed by atoms with Crippen LogP contribution in [0.1, 0.15) is 39.7 Å². The first-order valence-electron chi connectivity index (χ1n) is 8.35. The van der Waals surface area contributed by atoms with Crippen LogP contribution in [0.3, 0.4) is 0 Å². The third-order valence-corrected chi connectivity index (χ3v) is 4.19. The highest BCUT2D eigenvalue weighted by atomic mass is 19.3. The number of esters is 1. The average Bonchev–Trinajstić information content (AvgIpc) is 2.49. The fourth-order valence-electron chi connectivity index (χ4n) is 2.98. The Morgan fingerprint density at radius 2 is 1.93 bits per heavy atom. The smallest absolute Gasteiger partial charge is 0.326 e. The molecule has 0 spiro atoms. The van der Waals surface area contributed by atoms with Gasteiger partial charge in [0.25, 0.3) is 11.6 Å². The molecule has 1 atom stereocenters. The zero-order valence-electron chi connectivity index (χ0n) is 15.8. The molecule has 2 rings (SSSR count). The van der Waals surface area contributed by atoms with Crippen molar-refractivity contribution in [3.63, 3.8) is 0 Å². The summed E-state index contributed by atoms with van der Waals surface area (Å²) in [6.45, 7) is 7.23. The lowest BCUT2D eigenvalue weighted by Crippen LogP contribution is -2.59. The molecule has 0 aliphatic carbocycles.